The fourth-order valence-corrected chi connectivity index (χ4v) is 5.77. The molecule has 0 bridgehead atoms. The van der Waals surface area contributed by atoms with Gasteiger partial charge in [-0.25, -0.2) is 0 Å². The Kier molecular flexibility index (Phi) is 5.95. The van der Waals surface area contributed by atoms with Crippen molar-refractivity contribution >= 4 is 35.4 Å². The second-order valence-corrected chi connectivity index (χ2v) is 9.89. The van der Waals surface area contributed by atoms with Gasteiger partial charge in [0.1, 0.15) is 22.8 Å². The lowest BCUT2D eigenvalue weighted by atomic mass is 9.59. The summed E-state index contributed by atoms with van der Waals surface area (Å²) in [7, 11) is 0. The van der Waals surface area contributed by atoms with Crippen molar-refractivity contribution in [1.29, 1.82) is 0 Å². The molecule has 2 aromatic carbocycles. The molecule has 1 fully saturated rings. The first-order valence-electron chi connectivity index (χ1n) is 11.9. The monoisotopic (exact) mass is 541 g/mol. The zero-order valence-electron chi connectivity index (χ0n) is 20.1. The van der Waals surface area contributed by atoms with E-state index in [9.17, 15) is 48.0 Å². The van der Waals surface area contributed by atoms with Crippen LogP contribution in [0.3, 0.4) is 0 Å². The average Bonchev–Trinajstić information content (AvgIpc) is 2.85. The number of primary amides is 1. The summed E-state index contributed by atoms with van der Waals surface area (Å²) in [6, 6.07) is 7.30. The lowest BCUT2D eigenvalue weighted by molar-refractivity contribution is -0.147. The molecule has 3 aliphatic carbocycles. The van der Waals surface area contributed by atoms with E-state index in [1.165, 1.54) is 18.2 Å². The van der Waals surface area contributed by atoms with Crippen molar-refractivity contribution in [1.82, 2.24) is 0 Å². The molecule has 11 heteroatoms. The number of aromatic hydroxyl groups is 1. The highest BCUT2D eigenvalue weighted by molar-refractivity contribution is 6.22. The molecule has 202 valence electrons. The number of carbonyl (C=O) groups excluding carboxylic acids is 3. The van der Waals surface area contributed by atoms with E-state index in [0.717, 1.165) is 12.1 Å². The minimum absolute atomic E-state index is 0.0133. The summed E-state index contributed by atoms with van der Waals surface area (Å²) in [4.78, 5) is 37.7. The van der Waals surface area contributed by atoms with Crippen molar-refractivity contribution in [2.75, 3.05) is 0 Å². The normalized spacial score (nSPS) is 25.0. The number of ketones is 2. The number of phenolic OH excluding ortho intramolecular Hbond substituents is 1. The first kappa shape index (κ1) is 26.2. The molecular formula is C28H22F3NO7. The number of Topliss-reactive ketones (excluding diaryl/α,β-unsaturated/α-hetero) is 2. The molecule has 39 heavy (non-hydrogen) atoms. The topological polar surface area (TPSA) is 158 Å². The van der Waals surface area contributed by atoms with Gasteiger partial charge in [-0.1, -0.05) is 30.4 Å². The zero-order chi connectivity index (χ0) is 28.4. The number of halogens is 3. The summed E-state index contributed by atoms with van der Waals surface area (Å²) < 4.78 is 38.6. The summed E-state index contributed by atoms with van der Waals surface area (Å²) >= 11 is 0. The summed E-state index contributed by atoms with van der Waals surface area (Å²) in [5.41, 5.74) is 1.96. The maximum atomic E-state index is 13.5. The van der Waals surface area contributed by atoms with E-state index in [-0.39, 0.29) is 29.7 Å². The van der Waals surface area contributed by atoms with Crippen LogP contribution >= 0.6 is 0 Å². The van der Waals surface area contributed by atoms with Gasteiger partial charge in [-0.3, -0.25) is 14.4 Å². The average molecular weight is 541 g/mol. The van der Waals surface area contributed by atoms with Gasteiger partial charge in [0.2, 0.25) is 5.78 Å². The molecular weight excluding hydrogens is 519 g/mol. The summed E-state index contributed by atoms with van der Waals surface area (Å²) in [6.07, 6.45) is -1.65. The number of carbonyl (C=O) groups is 3. The summed E-state index contributed by atoms with van der Waals surface area (Å²) in [5, 5.41) is 43.6. The minimum Gasteiger partial charge on any atom is -0.508 e. The molecule has 0 heterocycles. The minimum atomic E-state index is -4.47. The highest BCUT2D eigenvalue weighted by Crippen LogP contribution is 2.52. The molecule has 0 aromatic heterocycles. The summed E-state index contributed by atoms with van der Waals surface area (Å²) in [5.74, 6) is -7.13. The molecule has 0 saturated heterocycles. The smallest absolute Gasteiger partial charge is 0.416 e. The molecule has 0 radical (unpaired) electrons. The van der Waals surface area contributed by atoms with Crippen molar-refractivity contribution in [3.8, 4) is 5.75 Å². The Bertz CT molecular complexity index is 1540. The number of hydrogen-bond donors (Lipinski definition) is 5. The number of amides is 1. The number of hydrogen-bond acceptors (Lipinski definition) is 7. The molecule has 6 N–H and O–H groups in total. The van der Waals surface area contributed by atoms with Crippen LogP contribution in [-0.2, 0) is 27.0 Å². The van der Waals surface area contributed by atoms with Gasteiger partial charge < -0.3 is 26.2 Å². The van der Waals surface area contributed by atoms with Crippen molar-refractivity contribution in [3.63, 3.8) is 0 Å². The SMILES string of the molecule is NC(=O)C1=C(O)C2(O)C(=O)C3=C(O)c4c(O)ccc(/C=C/c5ccc(C(F)(F)F)cc5)c4CC3CC2CC1=O. The molecule has 5 rings (SSSR count). The Labute approximate surface area is 219 Å². The van der Waals surface area contributed by atoms with Gasteiger partial charge in [0.05, 0.1) is 11.1 Å². The van der Waals surface area contributed by atoms with Gasteiger partial charge in [-0.15, -0.1) is 0 Å². The van der Waals surface area contributed by atoms with Gasteiger partial charge in [0.25, 0.3) is 5.91 Å². The van der Waals surface area contributed by atoms with Crippen LogP contribution in [0.4, 0.5) is 13.2 Å². The largest absolute Gasteiger partial charge is 0.508 e. The predicted octanol–water partition coefficient (Wildman–Crippen LogP) is 3.61. The molecule has 3 unspecified atom stereocenters. The molecule has 3 atom stereocenters. The van der Waals surface area contributed by atoms with Gasteiger partial charge in [-0.05, 0) is 53.6 Å². The standard InChI is InChI=1S/C28H22F3NO7/c29-28(30,31)15-6-2-12(3-7-15)1-4-13-5-8-18(33)21-17(13)10-14-9-16-11-19(34)22(26(32)38)25(37)27(16,39)24(36)20(14)23(21)35/h1-8,14,16,33,35,37,39H,9-11H2,(H2,32,38)/b4-1+. The Morgan fingerprint density at radius 3 is 2.28 bits per heavy atom. The van der Waals surface area contributed by atoms with Crippen LogP contribution in [0.2, 0.25) is 0 Å². The van der Waals surface area contributed by atoms with Gasteiger partial charge in [0.15, 0.2) is 11.4 Å². The number of phenols is 1. The third kappa shape index (κ3) is 4.00. The Hall–Kier alpha value is -4.38. The number of fused-ring (bicyclic) bond motifs is 3. The first-order chi connectivity index (χ1) is 18.2. The van der Waals surface area contributed by atoms with Crippen LogP contribution in [0.5, 0.6) is 5.75 Å². The van der Waals surface area contributed by atoms with E-state index in [1.807, 2.05) is 0 Å². The molecule has 3 aliphatic rings. The van der Waals surface area contributed by atoms with E-state index >= 15 is 0 Å². The van der Waals surface area contributed by atoms with Gasteiger partial charge in [0, 0.05) is 17.9 Å². The number of aliphatic hydroxyl groups excluding tert-OH is 2. The lowest BCUT2D eigenvalue weighted by Crippen LogP contribution is -2.58. The van der Waals surface area contributed by atoms with E-state index in [2.05, 4.69) is 0 Å². The molecule has 8 nitrogen and oxygen atoms in total. The number of benzene rings is 2. The second kappa shape index (κ2) is 8.84. The number of rotatable bonds is 3. The second-order valence-electron chi connectivity index (χ2n) is 9.89. The Morgan fingerprint density at radius 2 is 1.67 bits per heavy atom. The highest BCUT2D eigenvalue weighted by Gasteiger charge is 2.60. The Balaban J connectivity index is 1.57. The lowest BCUT2D eigenvalue weighted by Gasteiger charge is -2.46. The van der Waals surface area contributed by atoms with Crippen molar-refractivity contribution < 1.29 is 48.0 Å². The van der Waals surface area contributed by atoms with E-state index in [0.29, 0.717) is 16.7 Å². The van der Waals surface area contributed by atoms with Crippen molar-refractivity contribution in [3.05, 3.63) is 81.1 Å². The Morgan fingerprint density at radius 1 is 1.00 bits per heavy atom. The zero-order valence-corrected chi connectivity index (χ0v) is 20.1. The molecule has 1 amide bonds. The highest BCUT2D eigenvalue weighted by atomic mass is 19.4. The number of alkyl halides is 3. The van der Waals surface area contributed by atoms with Crippen LogP contribution < -0.4 is 5.73 Å². The van der Waals surface area contributed by atoms with Crippen LogP contribution in [0.1, 0.15) is 40.7 Å². The maximum absolute atomic E-state index is 13.5. The molecule has 1 saturated carbocycles. The van der Waals surface area contributed by atoms with Crippen LogP contribution in [0, 0.1) is 11.8 Å². The summed E-state index contributed by atoms with van der Waals surface area (Å²) in [6.45, 7) is 0. The van der Waals surface area contributed by atoms with Crippen molar-refractivity contribution in [2.45, 2.75) is 31.0 Å². The van der Waals surface area contributed by atoms with Crippen LogP contribution in [0.25, 0.3) is 17.9 Å². The number of aliphatic hydroxyl groups is 3. The van der Waals surface area contributed by atoms with Gasteiger partial charge >= 0.3 is 6.18 Å². The molecule has 0 spiro atoms. The van der Waals surface area contributed by atoms with E-state index in [1.54, 1.807) is 18.2 Å². The van der Waals surface area contributed by atoms with Crippen LogP contribution in [-0.4, -0.2) is 43.5 Å². The third-order valence-corrected chi connectivity index (χ3v) is 7.68. The fourth-order valence-electron chi connectivity index (χ4n) is 5.77. The van der Waals surface area contributed by atoms with Gasteiger partial charge in [-0.2, -0.15) is 13.2 Å². The quantitative estimate of drug-likeness (QED) is 0.293. The molecule has 2 aromatic rings. The van der Waals surface area contributed by atoms with E-state index < -0.39 is 70.2 Å². The fraction of sp³-hybridized carbons (Fsp3) is 0.250. The van der Waals surface area contributed by atoms with E-state index in [4.69, 9.17) is 5.73 Å². The first-order valence-corrected chi connectivity index (χ1v) is 11.9. The molecule has 0 aliphatic heterocycles. The van der Waals surface area contributed by atoms with Crippen molar-refractivity contribution in [2.24, 2.45) is 17.6 Å². The van der Waals surface area contributed by atoms with Crippen LogP contribution in [0.15, 0.2) is 53.3 Å². The number of nitrogens with two attached hydrogens (primary N) is 1. The maximum Gasteiger partial charge on any atom is 0.416 e. The third-order valence-electron chi connectivity index (χ3n) is 7.68. The predicted molar refractivity (Wildman–Crippen MR) is 132 cm³/mol.